The summed E-state index contributed by atoms with van der Waals surface area (Å²) in [4.78, 5) is 2.28. The number of halogens is 1. The molecule has 1 aromatic carbocycles. The fourth-order valence-electron chi connectivity index (χ4n) is 2.51. The molecular weight excluding hydrogens is 306 g/mol. The number of aliphatic hydroxyl groups excluding tert-OH is 1. The summed E-state index contributed by atoms with van der Waals surface area (Å²) < 4.78 is 6.44. The summed E-state index contributed by atoms with van der Waals surface area (Å²) in [5.74, 6) is 0.710. The van der Waals surface area contributed by atoms with Crippen LogP contribution in [0.15, 0.2) is 22.7 Å². The summed E-state index contributed by atoms with van der Waals surface area (Å²) in [6, 6.07) is 6.07. The van der Waals surface area contributed by atoms with Crippen molar-refractivity contribution in [3.63, 3.8) is 0 Å². The van der Waals surface area contributed by atoms with E-state index in [1.54, 1.807) is 6.92 Å². The topological polar surface area (TPSA) is 32.7 Å². The molecule has 4 heteroatoms. The molecule has 19 heavy (non-hydrogen) atoms. The molecule has 3 nitrogen and oxygen atoms in total. The van der Waals surface area contributed by atoms with E-state index in [9.17, 15) is 5.11 Å². The number of rotatable bonds is 4. The second-order valence-electron chi connectivity index (χ2n) is 5.32. The molecule has 0 aliphatic carbocycles. The van der Waals surface area contributed by atoms with Crippen molar-refractivity contribution >= 4 is 21.6 Å². The van der Waals surface area contributed by atoms with Crippen LogP contribution in [0.3, 0.4) is 0 Å². The molecule has 0 amide bonds. The van der Waals surface area contributed by atoms with Crippen LogP contribution in [0.2, 0.25) is 0 Å². The van der Waals surface area contributed by atoms with Crippen LogP contribution < -0.4 is 4.90 Å². The van der Waals surface area contributed by atoms with Crippen LogP contribution >= 0.6 is 15.9 Å². The van der Waals surface area contributed by atoms with Gasteiger partial charge in [-0.1, -0.05) is 6.07 Å². The van der Waals surface area contributed by atoms with E-state index in [1.165, 1.54) is 5.69 Å². The number of hydrogen-bond acceptors (Lipinski definition) is 3. The van der Waals surface area contributed by atoms with Gasteiger partial charge in [0.2, 0.25) is 0 Å². The molecule has 1 saturated heterocycles. The second kappa shape index (κ2) is 6.73. The van der Waals surface area contributed by atoms with E-state index in [-0.39, 0.29) is 0 Å². The van der Waals surface area contributed by atoms with Crippen molar-refractivity contribution < 1.29 is 9.84 Å². The minimum Gasteiger partial charge on any atom is -0.389 e. The fourth-order valence-corrected chi connectivity index (χ4v) is 3.21. The van der Waals surface area contributed by atoms with Gasteiger partial charge in [0.15, 0.2) is 0 Å². The number of hydrogen-bond donors (Lipinski definition) is 1. The van der Waals surface area contributed by atoms with Crippen LogP contribution in [0, 0.1) is 5.92 Å². The number of aliphatic hydroxyl groups is 1. The summed E-state index contributed by atoms with van der Waals surface area (Å²) in [7, 11) is 2.12. The molecule has 1 atom stereocenters. The van der Waals surface area contributed by atoms with Crippen LogP contribution in [0.1, 0.15) is 31.4 Å². The first kappa shape index (κ1) is 14.8. The maximum absolute atomic E-state index is 9.59. The molecule has 2 rings (SSSR count). The van der Waals surface area contributed by atoms with Gasteiger partial charge in [0.25, 0.3) is 0 Å². The Balaban J connectivity index is 2.03. The molecule has 0 spiro atoms. The third-order valence-electron chi connectivity index (χ3n) is 3.74. The van der Waals surface area contributed by atoms with Crippen molar-refractivity contribution in [2.75, 3.05) is 31.7 Å². The SMILES string of the molecule is C[C@@H](O)c1ccc(N(C)CC2CCOCC2)c(Br)c1. The summed E-state index contributed by atoms with van der Waals surface area (Å²) in [5, 5.41) is 9.59. The van der Waals surface area contributed by atoms with Gasteiger partial charge in [-0.3, -0.25) is 0 Å². The number of nitrogens with zero attached hydrogens (tertiary/aromatic N) is 1. The molecule has 1 heterocycles. The van der Waals surface area contributed by atoms with Crippen molar-refractivity contribution in [1.82, 2.24) is 0 Å². The van der Waals surface area contributed by atoms with E-state index < -0.39 is 6.10 Å². The molecular formula is C15H22BrNO2. The van der Waals surface area contributed by atoms with E-state index in [0.29, 0.717) is 5.92 Å². The molecule has 0 aromatic heterocycles. The lowest BCUT2D eigenvalue weighted by Gasteiger charge is -2.29. The molecule has 0 radical (unpaired) electrons. The first-order chi connectivity index (χ1) is 9.08. The van der Waals surface area contributed by atoms with Gasteiger partial charge in [0.1, 0.15) is 0 Å². The lowest BCUT2D eigenvalue weighted by atomic mass is 9.99. The largest absolute Gasteiger partial charge is 0.389 e. The normalized spacial score (nSPS) is 18.3. The van der Waals surface area contributed by atoms with Gasteiger partial charge in [-0.25, -0.2) is 0 Å². The highest BCUT2D eigenvalue weighted by Crippen LogP contribution is 2.30. The zero-order valence-corrected chi connectivity index (χ0v) is 13.2. The predicted octanol–water partition coefficient (Wildman–Crippen LogP) is 3.37. The summed E-state index contributed by atoms with van der Waals surface area (Å²) in [5.41, 5.74) is 2.12. The Kier molecular flexibility index (Phi) is 5.25. The average Bonchev–Trinajstić information content (AvgIpc) is 2.39. The zero-order chi connectivity index (χ0) is 13.8. The van der Waals surface area contributed by atoms with Gasteiger partial charge in [-0.05, 0) is 59.3 Å². The highest BCUT2D eigenvalue weighted by molar-refractivity contribution is 9.10. The van der Waals surface area contributed by atoms with Crippen LogP contribution in [-0.2, 0) is 4.74 Å². The number of benzene rings is 1. The summed E-state index contributed by atoms with van der Waals surface area (Å²) >= 11 is 3.60. The first-order valence-corrected chi connectivity index (χ1v) is 7.63. The van der Waals surface area contributed by atoms with Gasteiger partial charge in [-0.15, -0.1) is 0 Å². The van der Waals surface area contributed by atoms with Gasteiger partial charge >= 0.3 is 0 Å². The Hall–Kier alpha value is -0.580. The zero-order valence-electron chi connectivity index (χ0n) is 11.6. The van der Waals surface area contributed by atoms with Gasteiger partial charge < -0.3 is 14.7 Å². The van der Waals surface area contributed by atoms with E-state index in [1.807, 2.05) is 12.1 Å². The predicted molar refractivity (Wildman–Crippen MR) is 81.6 cm³/mol. The van der Waals surface area contributed by atoms with E-state index >= 15 is 0 Å². The molecule has 0 saturated carbocycles. The van der Waals surface area contributed by atoms with E-state index in [4.69, 9.17) is 4.74 Å². The maximum atomic E-state index is 9.59. The summed E-state index contributed by atoms with van der Waals surface area (Å²) in [6.45, 7) is 4.62. The Morgan fingerprint density at radius 2 is 2.11 bits per heavy atom. The highest BCUT2D eigenvalue weighted by atomic mass is 79.9. The Labute approximate surface area is 123 Å². The lowest BCUT2D eigenvalue weighted by Crippen LogP contribution is -2.29. The molecule has 1 aromatic rings. The average molecular weight is 328 g/mol. The van der Waals surface area contributed by atoms with Crippen molar-refractivity contribution in [2.24, 2.45) is 5.92 Å². The van der Waals surface area contributed by atoms with Crippen molar-refractivity contribution in [2.45, 2.75) is 25.9 Å². The lowest BCUT2D eigenvalue weighted by molar-refractivity contribution is 0.0685. The molecule has 1 fully saturated rings. The summed E-state index contributed by atoms with van der Waals surface area (Å²) in [6.07, 6.45) is 1.87. The van der Waals surface area contributed by atoms with E-state index in [2.05, 4.69) is 33.9 Å². The maximum Gasteiger partial charge on any atom is 0.0762 e. The quantitative estimate of drug-likeness (QED) is 0.920. The van der Waals surface area contributed by atoms with Crippen LogP contribution in [0.4, 0.5) is 5.69 Å². The third-order valence-corrected chi connectivity index (χ3v) is 4.37. The number of ether oxygens (including phenoxy) is 1. The molecule has 1 aliphatic rings. The second-order valence-corrected chi connectivity index (χ2v) is 6.18. The molecule has 0 unspecified atom stereocenters. The minimum atomic E-state index is -0.425. The molecule has 106 valence electrons. The molecule has 1 N–H and O–H groups in total. The highest BCUT2D eigenvalue weighted by Gasteiger charge is 2.17. The monoisotopic (exact) mass is 327 g/mol. The van der Waals surface area contributed by atoms with Gasteiger partial charge in [-0.2, -0.15) is 0 Å². The molecule has 1 aliphatic heterocycles. The molecule has 0 bridgehead atoms. The van der Waals surface area contributed by atoms with Crippen LogP contribution in [0.25, 0.3) is 0 Å². The van der Waals surface area contributed by atoms with E-state index in [0.717, 1.165) is 42.6 Å². The minimum absolute atomic E-state index is 0.425. The van der Waals surface area contributed by atoms with Gasteiger partial charge in [0, 0.05) is 31.3 Å². The number of anilines is 1. The third kappa shape index (κ3) is 3.94. The standard InChI is InChI=1S/C15H22BrNO2/c1-11(18)13-3-4-15(14(16)9-13)17(2)10-12-5-7-19-8-6-12/h3-4,9,11-12,18H,5-8,10H2,1-2H3/t11-/m1/s1. The van der Waals surface area contributed by atoms with Crippen LogP contribution in [0.5, 0.6) is 0 Å². The van der Waals surface area contributed by atoms with Crippen LogP contribution in [-0.4, -0.2) is 31.9 Å². The van der Waals surface area contributed by atoms with Crippen molar-refractivity contribution in [3.8, 4) is 0 Å². The Morgan fingerprint density at radius 1 is 1.42 bits per heavy atom. The fraction of sp³-hybridized carbons (Fsp3) is 0.600. The van der Waals surface area contributed by atoms with Crippen molar-refractivity contribution in [3.05, 3.63) is 28.2 Å². The first-order valence-electron chi connectivity index (χ1n) is 6.84. The van der Waals surface area contributed by atoms with Crippen molar-refractivity contribution in [1.29, 1.82) is 0 Å². The smallest absolute Gasteiger partial charge is 0.0762 e. The Morgan fingerprint density at radius 3 is 2.68 bits per heavy atom. The van der Waals surface area contributed by atoms with Gasteiger partial charge in [0.05, 0.1) is 11.8 Å². The Bertz CT molecular complexity index is 417.